The highest BCUT2D eigenvalue weighted by molar-refractivity contribution is 7.80. The van der Waals surface area contributed by atoms with Crippen LogP contribution in [0.3, 0.4) is 0 Å². The summed E-state index contributed by atoms with van der Waals surface area (Å²) < 4.78 is 5.42. The van der Waals surface area contributed by atoms with Crippen LogP contribution in [-0.2, 0) is 9.59 Å². The van der Waals surface area contributed by atoms with Crippen LogP contribution in [0.4, 0.5) is 0 Å². The lowest BCUT2D eigenvalue weighted by Gasteiger charge is -2.22. The van der Waals surface area contributed by atoms with E-state index in [-0.39, 0.29) is 12.5 Å². The predicted molar refractivity (Wildman–Crippen MR) is 81.8 cm³/mol. The fourth-order valence-corrected chi connectivity index (χ4v) is 2.44. The van der Waals surface area contributed by atoms with Crippen LogP contribution in [-0.4, -0.2) is 40.9 Å². The first kappa shape index (κ1) is 15.2. The number of nitrogens with zero attached hydrogens (tertiary/aromatic N) is 1. The van der Waals surface area contributed by atoms with Crippen LogP contribution in [0.5, 0.6) is 5.75 Å². The maximum atomic E-state index is 12.1. The Morgan fingerprint density at radius 1 is 1.29 bits per heavy atom. The van der Waals surface area contributed by atoms with Gasteiger partial charge in [-0.25, -0.2) is 0 Å². The molecule has 1 aromatic rings. The summed E-state index contributed by atoms with van der Waals surface area (Å²) in [5.41, 5.74) is 11.5. The van der Waals surface area contributed by atoms with Gasteiger partial charge in [0.15, 0.2) is 6.61 Å². The SMILES string of the molecule is NC(=O)C1CCCN1C(=O)COc1ccc(C(N)=S)cc1. The van der Waals surface area contributed by atoms with E-state index in [0.717, 1.165) is 12.0 Å². The number of rotatable bonds is 5. The van der Waals surface area contributed by atoms with Crippen molar-refractivity contribution in [2.24, 2.45) is 11.5 Å². The van der Waals surface area contributed by atoms with E-state index in [1.165, 1.54) is 4.90 Å². The highest BCUT2D eigenvalue weighted by atomic mass is 32.1. The molecule has 21 heavy (non-hydrogen) atoms. The Kier molecular flexibility index (Phi) is 4.74. The largest absolute Gasteiger partial charge is 0.484 e. The molecular formula is C14H17N3O3S. The average Bonchev–Trinajstić information content (AvgIpc) is 2.95. The molecule has 0 saturated carbocycles. The Balaban J connectivity index is 1.91. The summed E-state index contributed by atoms with van der Waals surface area (Å²) in [4.78, 5) is 25.1. The molecule has 0 aromatic heterocycles. The third kappa shape index (κ3) is 3.69. The van der Waals surface area contributed by atoms with Gasteiger partial charge >= 0.3 is 0 Å². The quantitative estimate of drug-likeness (QED) is 0.756. The van der Waals surface area contributed by atoms with Gasteiger partial charge in [0.05, 0.1) is 0 Å². The van der Waals surface area contributed by atoms with Crippen molar-refractivity contribution in [2.45, 2.75) is 18.9 Å². The molecular weight excluding hydrogens is 290 g/mol. The minimum atomic E-state index is -0.516. The van der Waals surface area contributed by atoms with E-state index in [2.05, 4.69) is 0 Å². The van der Waals surface area contributed by atoms with Gasteiger partial charge in [0.25, 0.3) is 5.91 Å². The van der Waals surface area contributed by atoms with E-state index in [1.807, 2.05) is 0 Å². The maximum absolute atomic E-state index is 12.1. The summed E-state index contributed by atoms with van der Waals surface area (Å²) in [6.45, 7) is 0.409. The second kappa shape index (κ2) is 6.53. The lowest BCUT2D eigenvalue weighted by atomic mass is 10.2. The van der Waals surface area contributed by atoms with Crippen LogP contribution in [0, 0.1) is 0 Å². The third-order valence-corrected chi connectivity index (χ3v) is 3.64. The van der Waals surface area contributed by atoms with E-state index in [0.29, 0.717) is 23.7 Å². The van der Waals surface area contributed by atoms with Crippen molar-refractivity contribution in [2.75, 3.05) is 13.2 Å². The summed E-state index contributed by atoms with van der Waals surface area (Å²) in [6.07, 6.45) is 1.39. The fourth-order valence-electron chi connectivity index (χ4n) is 2.30. The molecule has 0 bridgehead atoms. The molecule has 112 valence electrons. The van der Waals surface area contributed by atoms with Crippen molar-refractivity contribution in [1.29, 1.82) is 0 Å². The number of amides is 2. The van der Waals surface area contributed by atoms with Gasteiger partial charge in [0, 0.05) is 12.1 Å². The first-order chi connectivity index (χ1) is 9.99. The fraction of sp³-hybridized carbons (Fsp3) is 0.357. The molecule has 1 aromatic carbocycles. The number of hydrogen-bond acceptors (Lipinski definition) is 4. The number of carbonyl (C=O) groups excluding carboxylic acids is 2. The zero-order valence-corrected chi connectivity index (χ0v) is 12.3. The Morgan fingerprint density at radius 2 is 1.95 bits per heavy atom. The molecule has 1 aliphatic rings. The molecule has 0 spiro atoms. The number of primary amides is 1. The number of hydrogen-bond donors (Lipinski definition) is 2. The van der Waals surface area contributed by atoms with Crippen LogP contribution < -0.4 is 16.2 Å². The molecule has 0 radical (unpaired) electrons. The molecule has 7 heteroatoms. The first-order valence-electron chi connectivity index (χ1n) is 6.60. The van der Waals surface area contributed by atoms with E-state index >= 15 is 0 Å². The molecule has 1 saturated heterocycles. The highest BCUT2D eigenvalue weighted by Crippen LogP contribution is 2.18. The van der Waals surface area contributed by atoms with Crippen molar-refractivity contribution in [1.82, 2.24) is 4.90 Å². The number of ether oxygens (including phenoxy) is 1. The second-order valence-electron chi connectivity index (χ2n) is 4.82. The normalized spacial score (nSPS) is 17.5. The van der Waals surface area contributed by atoms with Crippen molar-refractivity contribution < 1.29 is 14.3 Å². The third-order valence-electron chi connectivity index (χ3n) is 3.40. The van der Waals surface area contributed by atoms with Crippen molar-refractivity contribution in [3.63, 3.8) is 0 Å². The number of nitrogens with two attached hydrogens (primary N) is 2. The summed E-state index contributed by atoms with van der Waals surface area (Å²) in [5.74, 6) is -0.172. The molecule has 2 amide bonds. The second-order valence-corrected chi connectivity index (χ2v) is 5.26. The summed E-state index contributed by atoms with van der Waals surface area (Å²) >= 11 is 4.85. The minimum absolute atomic E-state index is 0.129. The summed E-state index contributed by atoms with van der Waals surface area (Å²) in [7, 11) is 0. The van der Waals surface area contributed by atoms with E-state index in [9.17, 15) is 9.59 Å². The van der Waals surface area contributed by atoms with Crippen LogP contribution in [0.15, 0.2) is 24.3 Å². The summed E-state index contributed by atoms with van der Waals surface area (Å²) in [5, 5.41) is 0. The Bertz CT molecular complexity index is 559. The number of carbonyl (C=O) groups is 2. The first-order valence-corrected chi connectivity index (χ1v) is 7.01. The topological polar surface area (TPSA) is 98.7 Å². The number of likely N-dealkylation sites (tertiary alicyclic amines) is 1. The maximum Gasteiger partial charge on any atom is 0.261 e. The minimum Gasteiger partial charge on any atom is -0.484 e. The zero-order chi connectivity index (χ0) is 15.4. The predicted octanol–water partition coefficient (Wildman–Crippen LogP) is 0.176. The highest BCUT2D eigenvalue weighted by Gasteiger charge is 2.32. The molecule has 2 rings (SSSR count). The molecule has 4 N–H and O–H groups in total. The summed E-state index contributed by atoms with van der Waals surface area (Å²) in [6, 6.07) is 6.32. The van der Waals surface area contributed by atoms with Crippen molar-refractivity contribution in [3.8, 4) is 5.75 Å². The van der Waals surface area contributed by atoms with Gasteiger partial charge in [-0.3, -0.25) is 9.59 Å². The van der Waals surface area contributed by atoms with Crippen LogP contribution in [0.1, 0.15) is 18.4 Å². The van der Waals surface area contributed by atoms with Gasteiger partial charge in [-0.15, -0.1) is 0 Å². The lowest BCUT2D eigenvalue weighted by Crippen LogP contribution is -2.45. The van der Waals surface area contributed by atoms with Crippen molar-refractivity contribution in [3.05, 3.63) is 29.8 Å². The molecule has 1 atom stereocenters. The molecule has 0 aliphatic carbocycles. The molecule has 1 fully saturated rings. The monoisotopic (exact) mass is 307 g/mol. The Labute approximate surface area is 128 Å². The van der Waals surface area contributed by atoms with E-state index in [4.69, 9.17) is 28.4 Å². The van der Waals surface area contributed by atoms with E-state index < -0.39 is 11.9 Å². The smallest absolute Gasteiger partial charge is 0.261 e. The lowest BCUT2D eigenvalue weighted by molar-refractivity contribution is -0.138. The molecule has 6 nitrogen and oxygen atoms in total. The van der Waals surface area contributed by atoms with Gasteiger partial charge in [-0.05, 0) is 37.1 Å². The molecule has 1 unspecified atom stereocenters. The standard InChI is InChI=1S/C14H17N3O3S/c15-13(19)11-2-1-7-17(11)12(18)8-20-10-5-3-9(4-6-10)14(16)21/h3-6,11H,1-2,7-8H2,(H2,15,19)(H2,16,21). The zero-order valence-electron chi connectivity index (χ0n) is 11.5. The van der Waals surface area contributed by atoms with Crippen LogP contribution >= 0.6 is 12.2 Å². The average molecular weight is 307 g/mol. The number of benzene rings is 1. The number of thiocarbonyl (C=S) groups is 1. The van der Waals surface area contributed by atoms with Crippen LogP contribution in [0.25, 0.3) is 0 Å². The van der Waals surface area contributed by atoms with Gasteiger partial charge in [0.1, 0.15) is 16.8 Å². The van der Waals surface area contributed by atoms with E-state index in [1.54, 1.807) is 24.3 Å². The van der Waals surface area contributed by atoms with Crippen LogP contribution in [0.2, 0.25) is 0 Å². The Morgan fingerprint density at radius 3 is 2.52 bits per heavy atom. The van der Waals surface area contributed by atoms with Gasteiger partial charge in [0.2, 0.25) is 5.91 Å². The molecule has 1 aliphatic heterocycles. The van der Waals surface area contributed by atoms with Gasteiger partial charge < -0.3 is 21.1 Å². The molecule has 1 heterocycles. The Hall–Kier alpha value is -2.15. The van der Waals surface area contributed by atoms with Gasteiger partial charge in [-0.1, -0.05) is 12.2 Å². The van der Waals surface area contributed by atoms with Gasteiger partial charge in [-0.2, -0.15) is 0 Å². The van der Waals surface area contributed by atoms with Crippen molar-refractivity contribution >= 4 is 29.0 Å².